The number of rotatable bonds is 3. The first-order chi connectivity index (χ1) is 12.9. The van der Waals surface area contributed by atoms with Crippen molar-refractivity contribution in [2.24, 2.45) is 11.8 Å². The summed E-state index contributed by atoms with van der Waals surface area (Å²) in [6.07, 6.45) is 2.50. The number of carbonyl (C=O) groups is 2. The normalized spacial score (nSPS) is 26.8. The van der Waals surface area contributed by atoms with Crippen molar-refractivity contribution >= 4 is 34.8 Å². The van der Waals surface area contributed by atoms with E-state index in [1.54, 1.807) is 18.2 Å². The Morgan fingerprint density at radius 3 is 2.85 bits per heavy atom. The first kappa shape index (κ1) is 19.4. The minimum absolute atomic E-state index is 0.105. The monoisotopic (exact) mass is 390 g/mol. The van der Waals surface area contributed by atoms with Gasteiger partial charge in [0.1, 0.15) is 5.75 Å². The lowest BCUT2D eigenvalue weighted by Crippen LogP contribution is -2.53. The standard InChI is InChI=1S/C19H26N4O3S/c1-11-6-5-8-13(12(11)2)21-19(27)23-22-17(24)10-16-18(25)20-14-7-3-4-9-15(14)26-16/h3-4,7,9,11-13,16H,5-6,8,10H2,1-2H3,(H,20,25)(H,22,24)(H2,21,23,27)/t11-,12+,13-,16+/m0/s1. The zero-order valence-corrected chi connectivity index (χ0v) is 16.4. The molecule has 1 aromatic rings. The molecule has 1 saturated carbocycles. The van der Waals surface area contributed by atoms with Crippen molar-refractivity contribution in [2.45, 2.75) is 51.7 Å². The Labute approximate surface area is 164 Å². The summed E-state index contributed by atoms with van der Waals surface area (Å²) in [4.78, 5) is 24.2. The molecule has 0 unspecified atom stereocenters. The van der Waals surface area contributed by atoms with E-state index >= 15 is 0 Å². The number of hydrogen-bond acceptors (Lipinski definition) is 4. The maximum absolute atomic E-state index is 12.2. The summed E-state index contributed by atoms with van der Waals surface area (Å²) in [7, 11) is 0. The van der Waals surface area contributed by atoms with Crippen molar-refractivity contribution in [3.8, 4) is 5.75 Å². The summed E-state index contributed by atoms with van der Waals surface area (Å²) < 4.78 is 5.62. The molecule has 4 atom stereocenters. The summed E-state index contributed by atoms with van der Waals surface area (Å²) in [6, 6.07) is 7.42. The number of thiocarbonyl (C=S) groups is 1. The Morgan fingerprint density at radius 1 is 1.26 bits per heavy atom. The maximum Gasteiger partial charge on any atom is 0.266 e. The Kier molecular flexibility index (Phi) is 6.15. The average molecular weight is 391 g/mol. The fourth-order valence-electron chi connectivity index (χ4n) is 3.56. The van der Waals surface area contributed by atoms with E-state index in [-0.39, 0.29) is 18.2 Å². The molecule has 8 heteroatoms. The molecule has 27 heavy (non-hydrogen) atoms. The van der Waals surface area contributed by atoms with Crippen LogP contribution in [0.25, 0.3) is 0 Å². The number of hydrazine groups is 1. The van der Waals surface area contributed by atoms with Gasteiger partial charge in [-0.1, -0.05) is 38.8 Å². The molecule has 0 spiro atoms. The quantitative estimate of drug-likeness (QED) is 0.467. The number of carbonyl (C=O) groups excluding carboxylic acids is 2. The van der Waals surface area contributed by atoms with E-state index in [0.29, 0.717) is 34.4 Å². The van der Waals surface area contributed by atoms with Gasteiger partial charge in [0.15, 0.2) is 11.2 Å². The zero-order valence-electron chi connectivity index (χ0n) is 15.6. The first-order valence-corrected chi connectivity index (χ1v) is 9.76. The van der Waals surface area contributed by atoms with Crippen molar-refractivity contribution in [3.63, 3.8) is 0 Å². The Hall–Kier alpha value is -2.35. The number of nitrogens with one attached hydrogen (secondary N) is 4. The molecule has 2 amide bonds. The Bertz CT molecular complexity index is 727. The van der Waals surface area contributed by atoms with Crippen molar-refractivity contribution in [1.29, 1.82) is 0 Å². The molecule has 1 aliphatic heterocycles. The van der Waals surface area contributed by atoms with Crippen LogP contribution in [-0.4, -0.2) is 29.1 Å². The highest BCUT2D eigenvalue weighted by atomic mass is 32.1. The van der Waals surface area contributed by atoms with Crippen LogP contribution >= 0.6 is 12.2 Å². The second kappa shape index (κ2) is 8.56. The van der Waals surface area contributed by atoms with Gasteiger partial charge in [0.2, 0.25) is 5.91 Å². The van der Waals surface area contributed by atoms with Crippen LogP contribution in [-0.2, 0) is 9.59 Å². The van der Waals surface area contributed by atoms with Gasteiger partial charge in [-0.05, 0) is 42.6 Å². The third kappa shape index (κ3) is 4.88. The average Bonchev–Trinajstić information content (AvgIpc) is 2.64. The van der Waals surface area contributed by atoms with Gasteiger partial charge < -0.3 is 15.4 Å². The highest BCUT2D eigenvalue weighted by molar-refractivity contribution is 7.80. The molecule has 0 saturated heterocycles. The van der Waals surface area contributed by atoms with Crippen LogP contribution in [0.1, 0.15) is 39.5 Å². The van der Waals surface area contributed by atoms with E-state index in [0.717, 1.165) is 6.42 Å². The van der Waals surface area contributed by atoms with Gasteiger partial charge in [0.25, 0.3) is 5.91 Å². The molecule has 1 heterocycles. The third-order valence-electron chi connectivity index (χ3n) is 5.42. The minimum Gasteiger partial charge on any atom is -0.478 e. The largest absolute Gasteiger partial charge is 0.478 e. The number of fused-ring (bicyclic) bond motifs is 1. The van der Waals surface area contributed by atoms with Crippen LogP contribution in [0, 0.1) is 11.8 Å². The van der Waals surface area contributed by atoms with Gasteiger partial charge in [-0.2, -0.15) is 0 Å². The fourth-order valence-corrected chi connectivity index (χ4v) is 3.77. The smallest absolute Gasteiger partial charge is 0.266 e. The van der Waals surface area contributed by atoms with Crippen molar-refractivity contribution < 1.29 is 14.3 Å². The van der Waals surface area contributed by atoms with E-state index < -0.39 is 6.10 Å². The number of benzene rings is 1. The summed E-state index contributed by atoms with van der Waals surface area (Å²) >= 11 is 5.28. The number of para-hydroxylation sites is 2. The lowest BCUT2D eigenvalue weighted by Gasteiger charge is -2.35. The van der Waals surface area contributed by atoms with Crippen LogP contribution in [0.2, 0.25) is 0 Å². The van der Waals surface area contributed by atoms with E-state index in [1.807, 2.05) is 6.07 Å². The molecule has 3 rings (SSSR count). The summed E-state index contributed by atoms with van der Waals surface area (Å²) in [6.45, 7) is 4.48. The molecule has 0 radical (unpaired) electrons. The maximum atomic E-state index is 12.2. The van der Waals surface area contributed by atoms with Gasteiger partial charge in [-0.25, -0.2) is 0 Å². The molecule has 0 bridgehead atoms. The predicted octanol–water partition coefficient (Wildman–Crippen LogP) is 2.10. The van der Waals surface area contributed by atoms with E-state index in [9.17, 15) is 9.59 Å². The fraction of sp³-hybridized carbons (Fsp3) is 0.526. The highest BCUT2D eigenvalue weighted by Gasteiger charge is 2.30. The van der Waals surface area contributed by atoms with Crippen LogP contribution in [0.15, 0.2) is 24.3 Å². The molecular formula is C19H26N4O3S. The molecule has 4 N–H and O–H groups in total. The molecule has 0 aromatic heterocycles. The molecular weight excluding hydrogens is 364 g/mol. The number of anilines is 1. The van der Waals surface area contributed by atoms with E-state index in [4.69, 9.17) is 17.0 Å². The lowest BCUT2D eigenvalue weighted by molar-refractivity contribution is -0.130. The van der Waals surface area contributed by atoms with Crippen LogP contribution in [0.3, 0.4) is 0 Å². The van der Waals surface area contributed by atoms with Crippen molar-refractivity contribution in [3.05, 3.63) is 24.3 Å². The van der Waals surface area contributed by atoms with E-state index in [1.165, 1.54) is 12.8 Å². The topological polar surface area (TPSA) is 91.5 Å². The second-order valence-electron chi connectivity index (χ2n) is 7.32. The van der Waals surface area contributed by atoms with Crippen LogP contribution < -0.4 is 26.2 Å². The van der Waals surface area contributed by atoms with Crippen molar-refractivity contribution in [1.82, 2.24) is 16.2 Å². The van der Waals surface area contributed by atoms with Crippen molar-refractivity contribution in [2.75, 3.05) is 5.32 Å². The molecule has 2 aliphatic rings. The van der Waals surface area contributed by atoms with Gasteiger partial charge in [0, 0.05) is 6.04 Å². The molecule has 1 aromatic carbocycles. The molecule has 146 valence electrons. The Morgan fingerprint density at radius 2 is 2.04 bits per heavy atom. The summed E-state index contributed by atoms with van der Waals surface area (Å²) in [5.74, 6) is 1.02. The Balaban J connectivity index is 1.44. The predicted molar refractivity (Wildman–Crippen MR) is 107 cm³/mol. The number of amides is 2. The third-order valence-corrected chi connectivity index (χ3v) is 5.64. The zero-order chi connectivity index (χ0) is 19.4. The number of ether oxygens (including phenoxy) is 1. The van der Waals surface area contributed by atoms with Crippen LogP contribution in [0.5, 0.6) is 5.75 Å². The van der Waals surface area contributed by atoms with Crippen LogP contribution in [0.4, 0.5) is 5.69 Å². The molecule has 1 fully saturated rings. The SMILES string of the molecule is C[C@H]1[C@@H](NC(=S)NNC(=O)C[C@H]2Oc3ccccc3NC2=O)CCC[C@@H]1C. The highest BCUT2D eigenvalue weighted by Crippen LogP contribution is 2.30. The van der Waals surface area contributed by atoms with Gasteiger partial charge in [-0.15, -0.1) is 0 Å². The second-order valence-corrected chi connectivity index (χ2v) is 7.72. The minimum atomic E-state index is -0.873. The summed E-state index contributed by atoms with van der Waals surface area (Å²) in [5, 5.41) is 6.40. The first-order valence-electron chi connectivity index (χ1n) is 9.36. The van der Waals surface area contributed by atoms with Gasteiger partial charge in [-0.3, -0.25) is 20.4 Å². The molecule has 7 nitrogen and oxygen atoms in total. The van der Waals surface area contributed by atoms with E-state index in [2.05, 4.69) is 35.3 Å². The lowest BCUT2D eigenvalue weighted by atomic mass is 9.78. The van der Waals surface area contributed by atoms with Gasteiger partial charge in [0.05, 0.1) is 12.1 Å². The van der Waals surface area contributed by atoms with Gasteiger partial charge >= 0.3 is 0 Å². The summed E-state index contributed by atoms with van der Waals surface area (Å²) in [5.41, 5.74) is 5.87. The number of hydrogen-bond donors (Lipinski definition) is 4. The molecule has 1 aliphatic carbocycles.